The van der Waals surface area contributed by atoms with E-state index in [0.29, 0.717) is 12.8 Å². The minimum atomic E-state index is -0.936. The van der Waals surface area contributed by atoms with Crippen molar-refractivity contribution in [3.63, 3.8) is 0 Å². The second-order valence-corrected chi connectivity index (χ2v) is 6.29. The number of nitrogens with one attached hydrogen (secondary N) is 3. The summed E-state index contributed by atoms with van der Waals surface area (Å²) in [5.41, 5.74) is 2.80. The number of hydrogen-bond acceptors (Lipinski definition) is 4. The van der Waals surface area contributed by atoms with Gasteiger partial charge in [0.05, 0.1) is 6.20 Å². The number of urea groups is 1. The first-order chi connectivity index (χ1) is 12.0. The molecule has 1 saturated heterocycles. The highest BCUT2D eigenvalue weighted by Gasteiger charge is 2.51. The minimum Gasteiger partial charge on any atom is -0.358 e. The lowest BCUT2D eigenvalue weighted by atomic mass is 9.91. The molecular formula is C17H17N5O3. The Morgan fingerprint density at radius 1 is 1.36 bits per heavy atom. The van der Waals surface area contributed by atoms with Crippen molar-refractivity contribution in [1.82, 2.24) is 25.7 Å². The number of carbonyl (C=O) groups is 3. The number of aromatic nitrogens is 2. The molecule has 1 unspecified atom stereocenters. The summed E-state index contributed by atoms with van der Waals surface area (Å²) in [5.74, 6) is -0.407. The molecule has 1 aliphatic heterocycles. The molecule has 1 aromatic heterocycles. The van der Waals surface area contributed by atoms with Crippen LogP contribution in [0.15, 0.2) is 30.6 Å². The Bertz CT molecular complexity index is 903. The molecule has 1 fully saturated rings. The molecule has 3 N–H and O–H groups in total. The molecule has 1 atom stereocenters. The van der Waals surface area contributed by atoms with Gasteiger partial charge < -0.3 is 10.6 Å². The van der Waals surface area contributed by atoms with Crippen LogP contribution in [-0.4, -0.2) is 34.7 Å². The average molecular weight is 339 g/mol. The Hall–Kier alpha value is -3.16. The zero-order valence-corrected chi connectivity index (χ0v) is 13.6. The molecule has 2 aromatic rings. The summed E-state index contributed by atoms with van der Waals surface area (Å²) in [4.78, 5) is 35.2. The van der Waals surface area contributed by atoms with Gasteiger partial charge in [-0.15, -0.1) is 0 Å². The van der Waals surface area contributed by atoms with Crippen molar-refractivity contribution in [3.8, 4) is 11.1 Å². The van der Waals surface area contributed by atoms with Crippen LogP contribution < -0.4 is 16.0 Å². The van der Waals surface area contributed by atoms with E-state index < -0.39 is 11.6 Å². The van der Waals surface area contributed by atoms with E-state index >= 15 is 0 Å². The van der Waals surface area contributed by atoms with Crippen LogP contribution in [-0.2, 0) is 28.1 Å². The Kier molecular flexibility index (Phi) is 3.34. The number of hydrogen-bond donors (Lipinski definition) is 3. The first kappa shape index (κ1) is 15.4. The van der Waals surface area contributed by atoms with E-state index in [9.17, 15) is 14.4 Å². The van der Waals surface area contributed by atoms with Crippen LogP contribution in [0.1, 0.15) is 17.5 Å². The number of carbonyl (C=O) groups excluding carboxylic acids is 3. The predicted octanol–water partition coefficient (Wildman–Crippen LogP) is 0.277. The second-order valence-electron chi connectivity index (χ2n) is 6.29. The Labute approximate surface area is 143 Å². The van der Waals surface area contributed by atoms with Crippen LogP contribution in [0.3, 0.4) is 0 Å². The van der Waals surface area contributed by atoms with Gasteiger partial charge in [-0.05, 0) is 29.5 Å². The van der Waals surface area contributed by atoms with Crippen LogP contribution in [0.2, 0.25) is 0 Å². The van der Waals surface area contributed by atoms with Crippen molar-refractivity contribution in [1.29, 1.82) is 0 Å². The minimum absolute atomic E-state index is 0.117. The molecule has 2 aliphatic rings. The van der Waals surface area contributed by atoms with Crippen molar-refractivity contribution in [3.05, 3.63) is 41.7 Å². The third-order valence-corrected chi connectivity index (χ3v) is 4.83. The fourth-order valence-electron chi connectivity index (χ4n) is 3.54. The normalized spacial score (nSPS) is 21.2. The summed E-state index contributed by atoms with van der Waals surface area (Å²) < 4.78 is 1.58. The molecule has 0 bridgehead atoms. The van der Waals surface area contributed by atoms with E-state index in [-0.39, 0.29) is 18.4 Å². The maximum absolute atomic E-state index is 12.2. The van der Waals surface area contributed by atoms with Gasteiger partial charge >= 0.3 is 6.03 Å². The molecular weight excluding hydrogens is 322 g/mol. The van der Waals surface area contributed by atoms with Gasteiger partial charge in [0.25, 0.3) is 5.91 Å². The van der Waals surface area contributed by atoms with E-state index in [1.54, 1.807) is 17.9 Å². The van der Waals surface area contributed by atoms with E-state index in [0.717, 1.165) is 22.3 Å². The average Bonchev–Trinajstić information content (AvgIpc) is 3.27. The van der Waals surface area contributed by atoms with Crippen LogP contribution in [0.4, 0.5) is 4.79 Å². The summed E-state index contributed by atoms with van der Waals surface area (Å²) in [6.07, 6.45) is 4.79. The second kappa shape index (κ2) is 5.44. The number of amides is 4. The van der Waals surface area contributed by atoms with Gasteiger partial charge in [-0.25, -0.2) is 4.79 Å². The van der Waals surface area contributed by atoms with Crippen molar-refractivity contribution in [2.45, 2.75) is 24.9 Å². The maximum atomic E-state index is 12.2. The SMILES string of the molecule is CNC(=O)Cn1cc(-c2ccc3c(c2)CCC32NC(=O)NC2=O)cn1. The molecule has 2 heterocycles. The van der Waals surface area contributed by atoms with E-state index in [2.05, 4.69) is 21.0 Å². The Morgan fingerprint density at radius 2 is 2.20 bits per heavy atom. The fraction of sp³-hybridized carbons (Fsp3) is 0.294. The zero-order chi connectivity index (χ0) is 17.6. The standard InChI is InChI=1S/C17H17N5O3/c1-18-14(23)9-22-8-12(7-19-22)10-2-3-13-11(6-10)4-5-17(13)15(24)20-16(25)21-17/h2-3,6-8H,4-5,9H2,1H3,(H,18,23)(H2,20,21,24,25). The summed E-state index contributed by atoms with van der Waals surface area (Å²) in [6, 6.07) is 5.37. The molecule has 1 spiro atoms. The summed E-state index contributed by atoms with van der Waals surface area (Å²) in [5, 5.41) is 11.9. The molecule has 1 aromatic carbocycles. The van der Waals surface area contributed by atoms with Gasteiger partial charge in [-0.1, -0.05) is 18.2 Å². The topological polar surface area (TPSA) is 105 Å². The number of nitrogens with zero attached hydrogens (tertiary/aromatic N) is 2. The number of likely N-dealkylation sites (N-methyl/N-ethyl adjacent to an activating group) is 1. The number of fused-ring (bicyclic) bond motifs is 2. The molecule has 128 valence electrons. The quantitative estimate of drug-likeness (QED) is 0.698. The maximum Gasteiger partial charge on any atom is 0.322 e. The molecule has 8 heteroatoms. The van der Waals surface area contributed by atoms with Crippen LogP contribution in [0.5, 0.6) is 0 Å². The lowest BCUT2D eigenvalue weighted by Gasteiger charge is -2.21. The Morgan fingerprint density at radius 3 is 2.92 bits per heavy atom. The van der Waals surface area contributed by atoms with Gasteiger partial charge in [-0.3, -0.25) is 19.6 Å². The first-order valence-electron chi connectivity index (χ1n) is 8.02. The highest BCUT2D eigenvalue weighted by Crippen LogP contribution is 2.40. The largest absolute Gasteiger partial charge is 0.358 e. The molecule has 8 nitrogen and oxygen atoms in total. The zero-order valence-electron chi connectivity index (χ0n) is 13.6. The van der Waals surface area contributed by atoms with E-state index in [1.807, 2.05) is 24.4 Å². The third kappa shape index (κ3) is 2.37. The van der Waals surface area contributed by atoms with Gasteiger partial charge in [0.2, 0.25) is 5.91 Å². The molecule has 0 radical (unpaired) electrons. The number of benzene rings is 1. The molecule has 1 aliphatic carbocycles. The number of rotatable bonds is 3. The molecule has 4 amide bonds. The van der Waals surface area contributed by atoms with Crippen LogP contribution in [0, 0.1) is 0 Å². The predicted molar refractivity (Wildman–Crippen MR) is 88.4 cm³/mol. The van der Waals surface area contributed by atoms with Crippen molar-refractivity contribution >= 4 is 17.8 Å². The molecule has 0 saturated carbocycles. The van der Waals surface area contributed by atoms with E-state index in [4.69, 9.17) is 0 Å². The lowest BCUT2D eigenvalue weighted by Crippen LogP contribution is -2.41. The van der Waals surface area contributed by atoms with Crippen LogP contribution in [0.25, 0.3) is 11.1 Å². The van der Waals surface area contributed by atoms with Crippen molar-refractivity contribution in [2.75, 3.05) is 7.05 Å². The van der Waals surface area contributed by atoms with Crippen molar-refractivity contribution < 1.29 is 14.4 Å². The monoisotopic (exact) mass is 339 g/mol. The number of aryl methyl sites for hydroxylation is 1. The van der Waals surface area contributed by atoms with Gasteiger partial charge in [0, 0.05) is 18.8 Å². The summed E-state index contributed by atoms with van der Waals surface area (Å²) >= 11 is 0. The van der Waals surface area contributed by atoms with Crippen molar-refractivity contribution in [2.24, 2.45) is 0 Å². The summed E-state index contributed by atoms with van der Waals surface area (Å²) in [6.45, 7) is 0.163. The highest BCUT2D eigenvalue weighted by molar-refractivity contribution is 6.08. The highest BCUT2D eigenvalue weighted by atomic mass is 16.2. The third-order valence-electron chi connectivity index (χ3n) is 4.83. The van der Waals surface area contributed by atoms with Gasteiger partial charge in [0.1, 0.15) is 12.1 Å². The number of imide groups is 1. The first-order valence-corrected chi connectivity index (χ1v) is 8.02. The lowest BCUT2D eigenvalue weighted by molar-refractivity contribution is -0.124. The van der Waals surface area contributed by atoms with Gasteiger partial charge in [-0.2, -0.15) is 5.10 Å². The Balaban J connectivity index is 1.64. The molecule has 4 rings (SSSR count). The van der Waals surface area contributed by atoms with Gasteiger partial charge in [0.15, 0.2) is 0 Å². The fourth-order valence-corrected chi connectivity index (χ4v) is 3.54. The summed E-state index contributed by atoms with van der Waals surface area (Å²) in [7, 11) is 1.58. The van der Waals surface area contributed by atoms with Crippen LogP contribution >= 0.6 is 0 Å². The van der Waals surface area contributed by atoms with E-state index in [1.165, 1.54) is 0 Å². The smallest absolute Gasteiger partial charge is 0.322 e. The molecule has 25 heavy (non-hydrogen) atoms.